The van der Waals surface area contributed by atoms with E-state index in [2.05, 4.69) is 17.8 Å². The summed E-state index contributed by atoms with van der Waals surface area (Å²) in [6.45, 7) is 0. The zero-order valence-electron chi connectivity index (χ0n) is 11.4. The van der Waals surface area contributed by atoms with Crippen molar-refractivity contribution in [3.8, 4) is 24.2 Å². The first kappa shape index (κ1) is 15.9. The van der Waals surface area contributed by atoms with Crippen LogP contribution in [0.25, 0.3) is 0 Å². The van der Waals surface area contributed by atoms with Gasteiger partial charge in [-0.2, -0.15) is 0 Å². The maximum absolute atomic E-state index is 5.52. The van der Waals surface area contributed by atoms with Crippen molar-refractivity contribution in [2.45, 2.75) is 12.8 Å². The number of unbranched alkanes of at least 4 members (excludes halogenated alkanes) is 1. The Morgan fingerprint density at radius 2 is 1.40 bits per heavy atom. The predicted octanol–water partition coefficient (Wildman–Crippen LogP) is 4.73. The first-order chi connectivity index (χ1) is 9.86. The summed E-state index contributed by atoms with van der Waals surface area (Å²) in [5.41, 5.74) is 2.01. The van der Waals surface area contributed by atoms with E-state index in [1.165, 1.54) is 0 Å². The van der Waals surface area contributed by atoms with Gasteiger partial charge in [0.05, 0.1) is 0 Å². The van der Waals surface area contributed by atoms with Crippen LogP contribution in [0.2, 0.25) is 0 Å². The van der Waals surface area contributed by atoms with Gasteiger partial charge in [0.1, 0.15) is 0 Å². The Labute approximate surface area is 126 Å². The third kappa shape index (κ3) is 7.32. The summed E-state index contributed by atoms with van der Waals surface area (Å²) in [7, 11) is 0. The van der Waals surface area contributed by atoms with E-state index in [1.807, 2.05) is 60.7 Å². The van der Waals surface area contributed by atoms with E-state index in [0.717, 1.165) is 24.0 Å². The number of hydrogen-bond acceptors (Lipinski definition) is 0. The molecule has 0 radical (unpaired) electrons. The normalized spacial score (nSPS) is 8.40. The Kier molecular flexibility index (Phi) is 8.54. The lowest BCUT2D eigenvalue weighted by molar-refractivity contribution is 0.991. The smallest absolute Gasteiger partial charge is 0.0245 e. The van der Waals surface area contributed by atoms with Crippen molar-refractivity contribution in [1.29, 1.82) is 0 Å². The van der Waals surface area contributed by atoms with Crippen LogP contribution < -0.4 is 0 Å². The van der Waals surface area contributed by atoms with Gasteiger partial charge >= 0.3 is 0 Å². The molecule has 2 aromatic rings. The molecule has 0 N–H and O–H groups in total. The fourth-order valence-corrected chi connectivity index (χ4v) is 1.51. The summed E-state index contributed by atoms with van der Waals surface area (Å²) in [6.07, 6.45) is 6.96. The summed E-state index contributed by atoms with van der Waals surface area (Å²) in [4.78, 5) is 0. The molecule has 2 aromatic carbocycles. The first-order valence-corrected chi connectivity index (χ1v) is 7.02. The fourth-order valence-electron chi connectivity index (χ4n) is 1.38. The average molecular weight is 281 g/mol. The average Bonchev–Trinajstić information content (AvgIpc) is 2.54. The molecule has 0 aromatic heterocycles. The van der Waals surface area contributed by atoms with Crippen LogP contribution in [0.1, 0.15) is 24.0 Å². The molecule has 0 fully saturated rings. The van der Waals surface area contributed by atoms with Crippen molar-refractivity contribution in [1.82, 2.24) is 0 Å². The molecule has 0 aliphatic heterocycles. The molecule has 0 amide bonds. The topological polar surface area (TPSA) is 0 Å². The van der Waals surface area contributed by atoms with Gasteiger partial charge in [-0.05, 0) is 30.7 Å². The Hall–Kier alpha value is -2.15. The summed E-state index contributed by atoms with van der Waals surface area (Å²) in [5.74, 6) is 9.36. The second-order valence-corrected chi connectivity index (χ2v) is 4.35. The van der Waals surface area contributed by atoms with Crippen LogP contribution in [0.5, 0.6) is 0 Å². The minimum Gasteiger partial charge on any atom is -0.127 e. The highest BCUT2D eigenvalue weighted by atomic mass is 35.5. The molecule has 0 unspecified atom stereocenters. The maximum Gasteiger partial charge on any atom is 0.0245 e. The fraction of sp³-hybridized carbons (Fsp3) is 0.158. The SMILES string of the molecule is C#Cc1ccccc1.ClCCCC#Cc1ccccc1. The molecule has 100 valence electrons. The van der Waals surface area contributed by atoms with Crippen LogP contribution in [0.3, 0.4) is 0 Å². The number of terminal acetylenes is 1. The molecule has 2 rings (SSSR count). The van der Waals surface area contributed by atoms with E-state index in [0.29, 0.717) is 5.88 Å². The summed E-state index contributed by atoms with van der Waals surface area (Å²) >= 11 is 5.52. The number of alkyl halides is 1. The molecule has 0 aliphatic rings. The van der Waals surface area contributed by atoms with Gasteiger partial charge in [0.2, 0.25) is 0 Å². The Morgan fingerprint density at radius 3 is 1.85 bits per heavy atom. The third-order valence-corrected chi connectivity index (χ3v) is 2.65. The van der Waals surface area contributed by atoms with E-state index in [-0.39, 0.29) is 0 Å². The minimum absolute atomic E-state index is 0.698. The Bertz CT molecular complexity index is 568. The third-order valence-electron chi connectivity index (χ3n) is 2.38. The zero-order valence-corrected chi connectivity index (χ0v) is 12.1. The largest absolute Gasteiger partial charge is 0.127 e. The highest BCUT2D eigenvalue weighted by molar-refractivity contribution is 6.17. The molecule has 0 heterocycles. The second kappa shape index (κ2) is 10.7. The Balaban J connectivity index is 0.000000217. The van der Waals surface area contributed by atoms with Gasteiger partial charge in [0, 0.05) is 23.4 Å². The quantitative estimate of drug-likeness (QED) is 0.424. The van der Waals surface area contributed by atoms with Crippen LogP contribution in [-0.4, -0.2) is 5.88 Å². The first-order valence-electron chi connectivity index (χ1n) is 6.48. The van der Waals surface area contributed by atoms with E-state index < -0.39 is 0 Å². The maximum atomic E-state index is 5.52. The van der Waals surface area contributed by atoms with E-state index in [9.17, 15) is 0 Å². The van der Waals surface area contributed by atoms with Crippen molar-refractivity contribution < 1.29 is 0 Å². The Morgan fingerprint density at radius 1 is 0.850 bits per heavy atom. The van der Waals surface area contributed by atoms with Gasteiger partial charge in [0.15, 0.2) is 0 Å². The van der Waals surface area contributed by atoms with Gasteiger partial charge in [-0.1, -0.05) is 54.2 Å². The van der Waals surface area contributed by atoms with Crippen LogP contribution in [0.4, 0.5) is 0 Å². The lowest BCUT2D eigenvalue weighted by atomic mass is 10.2. The molecule has 0 nitrogen and oxygen atoms in total. The molecule has 0 saturated heterocycles. The van der Waals surface area contributed by atoms with E-state index in [1.54, 1.807) is 0 Å². The van der Waals surface area contributed by atoms with Crippen molar-refractivity contribution in [2.24, 2.45) is 0 Å². The standard InChI is InChI=1S/C11H11Cl.C8H6/c12-10-6-2-5-9-11-7-3-1-4-8-11;1-2-8-6-4-3-5-7-8/h1,3-4,7-8H,2,6,10H2;1,3-7H. The highest BCUT2D eigenvalue weighted by Gasteiger charge is 1.81. The minimum atomic E-state index is 0.698. The van der Waals surface area contributed by atoms with E-state index >= 15 is 0 Å². The van der Waals surface area contributed by atoms with Gasteiger partial charge in [-0.15, -0.1) is 18.0 Å². The van der Waals surface area contributed by atoms with Crippen molar-refractivity contribution >= 4 is 11.6 Å². The molecule has 0 aliphatic carbocycles. The van der Waals surface area contributed by atoms with Crippen LogP contribution in [-0.2, 0) is 0 Å². The molecular weight excluding hydrogens is 264 g/mol. The lowest BCUT2D eigenvalue weighted by Crippen LogP contribution is -1.73. The van der Waals surface area contributed by atoms with Crippen molar-refractivity contribution in [3.05, 3.63) is 71.8 Å². The van der Waals surface area contributed by atoms with Gasteiger partial charge < -0.3 is 0 Å². The van der Waals surface area contributed by atoms with Crippen molar-refractivity contribution in [2.75, 3.05) is 5.88 Å². The summed E-state index contributed by atoms with van der Waals surface area (Å²) < 4.78 is 0. The molecule has 0 atom stereocenters. The van der Waals surface area contributed by atoms with Gasteiger partial charge in [0.25, 0.3) is 0 Å². The summed E-state index contributed by atoms with van der Waals surface area (Å²) in [5, 5.41) is 0. The van der Waals surface area contributed by atoms with E-state index in [4.69, 9.17) is 18.0 Å². The molecule has 0 bridgehead atoms. The molecular formula is C19H17Cl. The number of benzene rings is 2. The summed E-state index contributed by atoms with van der Waals surface area (Å²) in [6, 6.07) is 19.6. The van der Waals surface area contributed by atoms with Crippen molar-refractivity contribution in [3.63, 3.8) is 0 Å². The lowest BCUT2D eigenvalue weighted by Gasteiger charge is -1.86. The number of hydrogen-bond donors (Lipinski definition) is 0. The second-order valence-electron chi connectivity index (χ2n) is 3.97. The molecule has 0 saturated carbocycles. The molecule has 1 heteroatoms. The number of halogens is 1. The van der Waals surface area contributed by atoms with Crippen LogP contribution >= 0.6 is 11.6 Å². The van der Waals surface area contributed by atoms with Gasteiger partial charge in [-0.25, -0.2) is 0 Å². The number of rotatable bonds is 2. The molecule has 20 heavy (non-hydrogen) atoms. The van der Waals surface area contributed by atoms with Crippen LogP contribution in [0, 0.1) is 24.2 Å². The monoisotopic (exact) mass is 280 g/mol. The van der Waals surface area contributed by atoms with Crippen LogP contribution in [0.15, 0.2) is 60.7 Å². The zero-order chi connectivity index (χ0) is 14.5. The van der Waals surface area contributed by atoms with Gasteiger partial charge in [-0.3, -0.25) is 0 Å². The predicted molar refractivity (Wildman–Crippen MR) is 87.7 cm³/mol. The molecule has 0 spiro atoms. The highest BCUT2D eigenvalue weighted by Crippen LogP contribution is 1.96.